The minimum Gasteiger partial charge on any atom is -0.325 e. The molecule has 0 aromatic carbocycles. The topological polar surface area (TPSA) is 78.9 Å². The van der Waals surface area contributed by atoms with E-state index in [9.17, 15) is 0 Å². The summed E-state index contributed by atoms with van der Waals surface area (Å²) in [6, 6.07) is 10.3. The Kier molecular flexibility index (Phi) is 6.21. The van der Waals surface area contributed by atoms with Crippen LogP contribution in [0.3, 0.4) is 0 Å². The molecule has 0 amide bonds. The highest BCUT2D eigenvalue weighted by Gasteiger charge is 2.19. The van der Waals surface area contributed by atoms with E-state index in [0.717, 1.165) is 16.5 Å². The van der Waals surface area contributed by atoms with Gasteiger partial charge in [0.05, 0.1) is 0 Å². The molecule has 1 atom stereocenters. The van der Waals surface area contributed by atoms with E-state index in [4.69, 9.17) is 0 Å². The second-order valence-electron chi connectivity index (χ2n) is 6.99. The number of thioether (sulfide) groups is 1. The van der Waals surface area contributed by atoms with Crippen LogP contribution >= 0.6 is 11.8 Å². The van der Waals surface area contributed by atoms with Crippen molar-refractivity contribution in [2.24, 2.45) is 0 Å². The maximum absolute atomic E-state index is 4.57. The summed E-state index contributed by atoms with van der Waals surface area (Å²) in [4.78, 5) is 21.1. The lowest BCUT2D eigenvalue weighted by molar-refractivity contribution is 0.263. The molecule has 0 saturated carbocycles. The molecule has 0 bridgehead atoms. The first kappa shape index (κ1) is 19.6. The van der Waals surface area contributed by atoms with Crippen LogP contribution in [0.5, 0.6) is 0 Å². The molecule has 4 rings (SSSR count). The molecule has 1 fully saturated rings. The lowest BCUT2D eigenvalue weighted by Crippen LogP contribution is -2.23. The van der Waals surface area contributed by atoms with Crippen molar-refractivity contribution >= 4 is 35.0 Å². The Morgan fingerprint density at radius 2 is 1.76 bits per heavy atom. The van der Waals surface area contributed by atoms with Crippen LogP contribution in [0.2, 0.25) is 0 Å². The molecular weight excluding hydrogens is 382 g/mol. The molecule has 3 aromatic rings. The quantitative estimate of drug-likeness (QED) is 0.549. The van der Waals surface area contributed by atoms with Crippen molar-refractivity contribution in [1.82, 2.24) is 24.8 Å². The van der Waals surface area contributed by atoms with Crippen LogP contribution in [-0.2, 0) is 0 Å². The smallest absolute Gasteiger partial charge is 0.145 e. The van der Waals surface area contributed by atoms with Gasteiger partial charge in [-0.3, -0.25) is 4.90 Å². The fraction of sp³-hybridized carbons (Fsp3) is 0.333. The van der Waals surface area contributed by atoms with Gasteiger partial charge in [0.25, 0.3) is 0 Å². The highest BCUT2D eigenvalue weighted by molar-refractivity contribution is 7.98. The van der Waals surface area contributed by atoms with Crippen molar-refractivity contribution in [3.8, 4) is 0 Å². The van der Waals surface area contributed by atoms with Crippen molar-refractivity contribution in [3.05, 3.63) is 54.6 Å². The third-order valence-electron chi connectivity index (χ3n) is 5.12. The summed E-state index contributed by atoms with van der Waals surface area (Å²) in [5, 5.41) is 6.51. The second-order valence-corrected chi connectivity index (χ2v) is 7.84. The first-order valence-electron chi connectivity index (χ1n) is 9.78. The molecule has 1 aliphatic rings. The molecule has 1 saturated heterocycles. The Hall–Kier alpha value is -2.71. The fourth-order valence-electron chi connectivity index (χ4n) is 3.46. The monoisotopic (exact) mass is 407 g/mol. The van der Waals surface area contributed by atoms with Crippen LogP contribution in [0.1, 0.15) is 31.4 Å². The summed E-state index contributed by atoms with van der Waals surface area (Å²) in [5.74, 6) is 2.89. The van der Waals surface area contributed by atoms with Crippen molar-refractivity contribution in [1.29, 1.82) is 0 Å². The van der Waals surface area contributed by atoms with E-state index >= 15 is 0 Å². The number of nitrogens with one attached hydrogen (secondary N) is 2. The van der Waals surface area contributed by atoms with Crippen LogP contribution in [0.4, 0.5) is 23.3 Å². The van der Waals surface area contributed by atoms with Gasteiger partial charge >= 0.3 is 0 Å². The number of pyridine rings is 2. The zero-order valence-electron chi connectivity index (χ0n) is 16.7. The van der Waals surface area contributed by atoms with Gasteiger partial charge in [-0.15, -0.1) is 11.8 Å². The van der Waals surface area contributed by atoms with E-state index < -0.39 is 0 Å². The Bertz CT molecular complexity index is 942. The largest absolute Gasteiger partial charge is 0.325 e. The molecule has 4 heterocycles. The van der Waals surface area contributed by atoms with E-state index in [1.54, 1.807) is 18.0 Å². The maximum Gasteiger partial charge on any atom is 0.145 e. The lowest BCUT2D eigenvalue weighted by Gasteiger charge is -2.23. The van der Waals surface area contributed by atoms with Gasteiger partial charge in [0.15, 0.2) is 0 Å². The standard InChI is InChI=1S/C21H25N7S/c1-15(28-10-3-4-11-28)16-7-8-18(23-13-16)26-19-12-20(25-14-24-19)27-21-17(29-2)6-5-9-22-21/h5-9,12-15H,3-4,10-11H2,1-2H3,(H2,22,23,24,25,26,27). The molecule has 8 heteroatoms. The molecule has 29 heavy (non-hydrogen) atoms. The summed E-state index contributed by atoms with van der Waals surface area (Å²) >= 11 is 1.64. The first-order chi connectivity index (χ1) is 14.2. The van der Waals surface area contributed by atoms with E-state index in [1.165, 1.54) is 37.8 Å². The number of nitrogens with zero attached hydrogens (tertiary/aromatic N) is 5. The molecule has 1 aliphatic heterocycles. The summed E-state index contributed by atoms with van der Waals surface area (Å²) in [7, 11) is 0. The highest BCUT2D eigenvalue weighted by Crippen LogP contribution is 2.27. The van der Waals surface area contributed by atoms with Gasteiger partial charge in [-0.25, -0.2) is 19.9 Å². The summed E-state index contributed by atoms with van der Waals surface area (Å²) in [6.45, 7) is 4.59. The lowest BCUT2D eigenvalue weighted by atomic mass is 10.1. The Morgan fingerprint density at radius 3 is 2.48 bits per heavy atom. The second kappa shape index (κ2) is 9.19. The van der Waals surface area contributed by atoms with Gasteiger partial charge in [-0.1, -0.05) is 6.07 Å². The highest BCUT2D eigenvalue weighted by atomic mass is 32.2. The number of hydrogen-bond acceptors (Lipinski definition) is 8. The van der Waals surface area contributed by atoms with Crippen LogP contribution in [0.25, 0.3) is 0 Å². The Labute approximate surface area is 175 Å². The van der Waals surface area contributed by atoms with Crippen LogP contribution in [-0.4, -0.2) is 44.2 Å². The molecule has 1 unspecified atom stereocenters. The minimum absolute atomic E-state index is 0.401. The average Bonchev–Trinajstić information content (AvgIpc) is 3.29. The fourth-order valence-corrected chi connectivity index (χ4v) is 3.97. The molecule has 7 nitrogen and oxygen atoms in total. The normalized spacial score (nSPS) is 15.2. The molecule has 0 spiro atoms. The Morgan fingerprint density at radius 1 is 0.966 bits per heavy atom. The molecule has 150 valence electrons. The van der Waals surface area contributed by atoms with E-state index in [1.807, 2.05) is 36.7 Å². The van der Waals surface area contributed by atoms with Gasteiger partial charge in [-0.05, 0) is 62.9 Å². The van der Waals surface area contributed by atoms with E-state index in [-0.39, 0.29) is 0 Å². The van der Waals surface area contributed by atoms with Crippen LogP contribution in [0, 0.1) is 0 Å². The SMILES string of the molecule is CSc1cccnc1Nc1cc(Nc2ccc(C(C)N3CCCC3)cn2)ncn1. The predicted octanol–water partition coefficient (Wildman–Crippen LogP) is 4.63. The third-order valence-corrected chi connectivity index (χ3v) is 5.89. The van der Waals surface area contributed by atoms with Gasteiger partial charge in [0.1, 0.15) is 29.6 Å². The summed E-state index contributed by atoms with van der Waals surface area (Å²) in [6.07, 6.45) is 9.84. The zero-order valence-corrected chi connectivity index (χ0v) is 17.5. The summed E-state index contributed by atoms with van der Waals surface area (Å²) < 4.78 is 0. The zero-order chi connectivity index (χ0) is 20.1. The van der Waals surface area contributed by atoms with Crippen molar-refractivity contribution < 1.29 is 0 Å². The third kappa shape index (κ3) is 4.83. The average molecular weight is 408 g/mol. The molecule has 2 N–H and O–H groups in total. The number of anilines is 4. The van der Waals surface area contributed by atoms with Crippen molar-refractivity contribution in [2.45, 2.75) is 30.7 Å². The molecule has 3 aromatic heterocycles. The summed E-state index contributed by atoms with van der Waals surface area (Å²) in [5.41, 5.74) is 1.24. The van der Waals surface area contributed by atoms with Crippen molar-refractivity contribution in [2.75, 3.05) is 30.0 Å². The molecular formula is C21H25N7S. The van der Waals surface area contributed by atoms with Gasteiger partial charge in [0, 0.05) is 29.4 Å². The Balaban J connectivity index is 1.43. The minimum atomic E-state index is 0.401. The van der Waals surface area contributed by atoms with Crippen LogP contribution in [0.15, 0.2) is 53.9 Å². The predicted molar refractivity (Wildman–Crippen MR) is 118 cm³/mol. The maximum atomic E-state index is 4.57. The number of hydrogen-bond donors (Lipinski definition) is 2. The number of likely N-dealkylation sites (tertiary alicyclic amines) is 1. The molecule has 0 aliphatic carbocycles. The molecule has 0 radical (unpaired) electrons. The van der Waals surface area contributed by atoms with Gasteiger partial charge < -0.3 is 10.6 Å². The first-order valence-corrected chi connectivity index (χ1v) is 11.0. The van der Waals surface area contributed by atoms with E-state index in [0.29, 0.717) is 17.7 Å². The van der Waals surface area contributed by atoms with Gasteiger partial charge in [0.2, 0.25) is 0 Å². The van der Waals surface area contributed by atoms with Crippen molar-refractivity contribution in [3.63, 3.8) is 0 Å². The van der Waals surface area contributed by atoms with Crippen LogP contribution < -0.4 is 10.6 Å². The van der Waals surface area contributed by atoms with Gasteiger partial charge in [-0.2, -0.15) is 0 Å². The number of rotatable bonds is 7. The van der Waals surface area contributed by atoms with E-state index in [2.05, 4.69) is 48.5 Å². The number of aromatic nitrogens is 4.